The molecule has 1 atom stereocenters. The molecule has 6 heteroatoms. The minimum absolute atomic E-state index is 0.246. The Morgan fingerprint density at radius 3 is 2.42 bits per heavy atom. The highest BCUT2D eigenvalue weighted by molar-refractivity contribution is 5.99. The number of esters is 1. The zero-order chi connectivity index (χ0) is 19.6. The third kappa shape index (κ3) is 6.02. The SMILES string of the molecule is CCCCOc1ccc(NC(=O)C(C)(CC)OCCC)cc1C(=O)OC. The van der Waals surface area contributed by atoms with Gasteiger partial charge >= 0.3 is 5.97 Å². The van der Waals surface area contributed by atoms with E-state index in [1.807, 2.05) is 13.8 Å². The van der Waals surface area contributed by atoms with Gasteiger partial charge in [-0.2, -0.15) is 0 Å². The number of nitrogens with one attached hydrogen (secondary N) is 1. The molecule has 0 heterocycles. The Kier molecular flexibility index (Phi) is 9.13. The quantitative estimate of drug-likeness (QED) is 0.470. The van der Waals surface area contributed by atoms with Crippen LogP contribution < -0.4 is 10.1 Å². The summed E-state index contributed by atoms with van der Waals surface area (Å²) in [5.74, 6) is -0.305. The molecule has 26 heavy (non-hydrogen) atoms. The molecule has 0 aromatic heterocycles. The summed E-state index contributed by atoms with van der Waals surface area (Å²) in [5.41, 5.74) is -0.135. The average molecular weight is 365 g/mol. The maximum atomic E-state index is 12.6. The highest BCUT2D eigenvalue weighted by Crippen LogP contribution is 2.26. The van der Waals surface area contributed by atoms with Crippen LogP contribution >= 0.6 is 0 Å². The van der Waals surface area contributed by atoms with E-state index in [1.54, 1.807) is 25.1 Å². The number of hydrogen-bond donors (Lipinski definition) is 1. The first kappa shape index (κ1) is 22.0. The molecule has 1 aromatic rings. The molecule has 0 aliphatic heterocycles. The molecule has 0 aliphatic rings. The lowest BCUT2D eigenvalue weighted by atomic mass is 10.0. The molecule has 1 unspecified atom stereocenters. The first-order valence-electron chi connectivity index (χ1n) is 9.22. The molecule has 0 aliphatic carbocycles. The number of methoxy groups -OCH3 is 1. The number of rotatable bonds is 11. The van der Waals surface area contributed by atoms with Crippen LogP contribution in [0.15, 0.2) is 18.2 Å². The van der Waals surface area contributed by atoms with Gasteiger partial charge in [0.15, 0.2) is 0 Å². The van der Waals surface area contributed by atoms with Crippen molar-refractivity contribution in [3.63, 3.8) is 0 Å². The van der Waals surface area contributed by atoms with Gasteiger partial charge < -0.3 is 19.5 Å². The third-order valence-corrected chi connectivity index (χ3v) is 4.18. The zero-order valence-corrected chi connectivity index (χ0v) is 16.5. The minimum Gasteiger partial charge on any atom is -0.493 e. The van der Waals surface area contributed by atoms with Gasteiger partial charge in [-0.3, -0.25) is 4.79 Å². The van der Waals surface area contributed by atoms with Crippen LogP contribution in [0.3, 0.4) is 0 Å². The molecule has 0 saturated carbocycles. The van der Waals surface area contributed by atoms with E-state index in [1.165, 1.54) is 7.11 Å². The summed E-state index contributed by atoms with van der Waals surface area (Å²) in [4.78, 5) is 24.7. The Labute approximate surface area is 156 Å². The summed E-state index contributed by atoms with van der Waals surface area (Å²) >= 11 is 0. The fourth-order valence-corrected chi connectivity index (χ4v) is 2.25. The van der Waals surface area contributed by atoms with Crippen LogP contribution in [0.2, 0.25) is 0 Å². The largest absolute Gasteiger partial charge is 0.493 e. The number of carbonyl (C=O) groups excluding carboxylic acids is 2. The highest BCUT2D eigenvalue weighted by Gasteiger charge is 2.32. The van der Waals surface area contributed by atoms with Gasteiger partial charge in [0.1, 0.15) is 16.9 Å². The topological polar surface area (TPSA) is 73.9 Å². The predicted octanol–water partition coefficient (Wildman–Crippen LogP) is 4.19. The number of hydrogen-bond acceptors (Lipinski definition) is 5. The molecule has 1 rings (SSSR count). The van der Waals surface area contributed by atoms with E-state index in [4.69, 9.17) is 14.2 Å². The lowest BCUT2D eigenvalue weighted by Gasteiger charge is -2.27. The first-order valence-corrected chi connectivity index (χ1v) is 9.22. The number of carbonyl (C=O) groups is 2. The Morgan fingerprint density at radius 2 is 1.85 bits per heavy atom. The average Bonchev–Trinajstić information content (AvgIpc) is 2.66. The van der Waals surface area contributed by atoms with Crippen molar-refractivity contribution in [2.75, 3.05) is 25.6 Å². The first-order chi connectivity index (χ1) is 12.4. The van der Waals surface area contributed by atoms with Gasteiger partial charge in [0.25, 0.3) is 5.91 Å². The highest BCUT2D eigenvalue weighted by atomic mass is 16.5. The number of unbranched alkanes of at least 4 members (excludes halogenated alkanes) is 1. The fourth-order valence-electron chi connectivity index (χ4n) is 2.25. The number of amides is 1. The van der Waals surface area contributed by atoms with Crippen LogP contribution in [0.4, 0.5) is 5.69 Å². The van der Waals surface area contributed by atoms with Gasteiger partial charge in [-0.15, -0.1) is 0 Å². The van der Waals surface area contributed by atoms with Crippen LogP contribution in [0, 0.1) is 0 Å². The molecule has 0 radical (unpaired) electrons. The number of ether oxygens (including phenoxy) is 3. The summed E-state index contributed by atoms with van der Waals surface area (Å²) in [6.07, 6.45) is 3.26. The van der Waals surface area contributed by atoms with Crippen molar-refractivity contribution in [2.24, 2.45) is 0 Å². The molecule has 0 spiro atoms. The van der Waals surface area contributed by atoms with Gasteiger partial charge in [-0.05, 0) is 44.4 Å². The molecule has 1 N–H and O–H groups in total. The van der Waals surface area contributed by atoms with Crippen molar-refractivity contribution in [3.8, 4) is 5.75 Å². The molecule has 6 nitrogen and oxygen atoms in total. The van der Waals surface area contributed by atoms with E-state index in [0.29, 0.717) is 31.1 Å². The smallest absolute Gasteiger partial charge is 0.341 e. The van der Waals surface area contributed by atoms with Crippen LogP contribution in [-0.2, 0) is 14.3 Å². The maximum Gasteiger partial charge on any atom is 0.341 e. The second-order valence-electron chi connectivity index (χ2n) is 6.29. The molecular formula is C20H31NO5. The number of benzene rings is 1. The van der Waals surface area contributed by atoms with E-state index in [0.717, 1.165) is 19.3 Å². The van der Waals surface area contributed by atoms with Gasteiger partial charge in [-0.25, -0.2) is 4.79 Å². The van der Waals surface area contributed by atoms with Crippen molar-refractivity contribution in [3.05, 3.63) is 23.8 Å². The predicted molar refractivity (Wildman–Crippen MR) is 102 cm³/mol. The lowest BCUT2D eigenvalue weighted by Crippen LogP contribution is -2.42. The monoisotopic (exact) mass is 365 g/mol. The maximum absolute atomic E-state index is 12.6. The molecular weight excluding hydrogens is 334 g/mol. The van der Waals surface area contributed by atoms with Gasteiger partial charge in [-0.1, -0.05) is 27.2 Å². The van der Waals surface area contributed by atoms with E-state index >= 15 is 0 Å². The standard InChI is InChI=1S/C20H31NO5/c1-6-9-13-25-17-11-10-15(14-16(17)18(22)24-5)21-19(23)20(4,8-3)26-12-7-2/h10-11,14H,6-9,12-13H2,1-5H3,(H,21,23). The summed E-state index contributed by atoms with van der Waals surface area (Å²) in [6.45, 7) is 8.75. The Balaban J connectivity index is 2.99. The van der Waals surface area contributed by atoms with Crippen molar-refractivity contribution >= 4 is 17.6 Å². The van der Waals surface area contributed by atoms with Crippen LogP contribution in [0.1, 0.15) is 63.7 Å². The van der Waals surface area contributed by atoms with E-state index in [-0.39, 0.29) is 11.5 Å². The summed E-state index contributed by atoms with van der Waals surface area (Å²) in [5, 5.41) is 2.83. The van der Waals surface area contributed by atoms with Gasteiger partial charge in [0.05, 0.1) is 13.7 Å². The molecule has 0 bridgehead atoms. The van der Waals surface area contributed by atoms with Crippen LogP contribution in [0.5, 0.6) is 5.75 Å². The van der Waals surface area contributed by atoms with Crippen molar-refractivity contribution < 1.29 is 23.8 Å². The van der Waals surface area contributed by atoms with Crippen molar-refractivity contribution in [1.29, 1.82) is 0 Å². The molecule has 0 saturated heterocycles. The summed E-state index contributed by atoms with van der Waals surface area (Å²) in [6, 6.07) is 4.95. The third-order valence-electron chi connectivity index (χ3n) is 4.18. The van der Waals surface area contributed by atoms with Crippen LogP contribution in [0.25, 0.3) is 0 Å². The number of anilines is 1. The Morgan fingerprint density at radius 1 is 1.12 bits per heavy atom. The van der Waals surface area contributed by atoms with Gasteiger partial charge in [0.2, 0.25) is 0 Å². The normalized spacial score (nSPS) is 13.0. The molecule has 1 aromatic carbocycles. The second-order valence-corrected chi connectivity index (χ2v) is 6.29. The molecule has 0 fully saturated rings. The van der Waals surface area contributed by atoms with E-state index < -0.39 is 11.6 Å². The zero-order valence-electron chi connectivity index (χ0n) is 16.5. The lowest BCUT2D eigenvalue weighted by molar-refractivity contribution is -0.139. The van der Waals surface area contributed by atoms with E-state index in [9.17, 15) is 9.59 Å². The molecule has 1 amide bonds. The molecule has 146 valence electrons. The minimum atomic E-state index is -0.919. The Bertz CT molecular complexity index is 602. The summed E-state index contributed by atoms with van der Waals surface area (Å²) in [7, 11) is 1.32. The van der Waals surface area contributed by atoms with Crippen molar-refractivity contribution in [2.45, 2.75) is 59.0 Å². The van der Waals surface area contributed by atoms with E-state index in [2.05, 4.69) is 12.2 Å². The van der Waals surface area contributed by atoms with Crippen molar-refractivity contribution in [1.82, 2.24) is 0 Å². The Hall–Kier alpha value is -2.08. The second kappa shape index (κ2) is 10.8. The fraction of sp³-hybridized carbons (Fsp3) is 0.600. The van der Waals surface area contributed by atoms with Crippen LogP contribution in [-0.4, -0.2) is 37.8 Å². The summed E-state index contributed by atoms with van der Waals surface area (Å²) < 4.78 is 16.2. The van der Waals surface area contributed by atoms with Gasteiger partial charge in [0, 0.05) is 12.3 Å².